The van der Waals surface area contributed by atoms with Crippen molar-refractivity contribution in [1.82, 2.24) is 4.98 Å². The van der Waals surface area contributed by atoms with E-state index in [0.29, 0.717) is 33.6 Å². The lowest BCUT2D eigenvalue weighted by Crippen LogP contribution is -2.19. The number of amides is 1. The molecule has 0 saturated heterocycles. The monoisotopic (exact) mass is 552 g/mol. The first-order chi connectivity index (χ1) is 19.1. The van der Waals surface area contributed by atoms with Crippen molar-refractivity contribution in [3.8, 4) is 11.9 Å². The number of aromatic nitrogens is 1. The summed E-state index contributed by atoms with van der Waals surface area (Å²) in [7, 11) is 0. The number of hydrogen-bond donors (Lipinski definition) is 3. The SMILES string of the molecule is N#C/N=C(/Nc1cc(Cl)cc(NC(=O)c2sccc2NCc2ccnc3ccccc23)c1)Oc1ccccc1. The normalized spacial score (nSPS) is 11.0. The molecule has 192 valence electrons. The number of benzene rings is 3. The Balaban J connectivity index is 1.29. The molecule has 39 heavy (non-hydrogen) atoms. The molecule has 0 radical (unpaired) electrons. The molecule has 0 saturated carbocycles. The van der Waals surface area contributed by atoms with Gasteiger partial charge in [0.05, 0.1) is 11.2 Å². The van der Waals surface area contributed by atoms with Crippen molar-refractivity contribution >= 4 is 62.8 Å². The van der Waals surface area contributed by atoms with Crippen LogP contribution < -0.4 is 20.7 Å². The largest absolute Gasteiger partial charge is 0.425 e. The van der Waals surface area contributed by atoms with Gasteiger partial charge in [-0.25, -0.2) is 0 Å². The zero-order chi connectivity index (χ0) is 27.0. The number of fused-ring (bicyclic) bond motifs is 1. The minimum absolute atomic E-state index is 0.0309. The van der Waals surface area contributed by atoms with E-state index >= 15 is 0 Å². The number of aliphatic imine (C=N–C) groups is 1. The number of nitrogens with one attached hydrogen (secondary N) is 3. The fourth-order valence-electron chi connectivity index (χ4n) is 3.89. The van der Waals surface area contributed by atoms with Gasteiger partial charge < -0.3 is 20.7 Å². The minimum atomic E-state index is -0.285. The smallest absolute Gasteiger partial charge is 0.310 e. The lowest BCUT2D eigenvalue weighted by atomic mass is 10.1. The molecule has 0 spiro atoms. The highest BCUT2D eigenvalue weighted by molar-refractivity contribution is 7.12. The number of amidine groups is 1. The van der Waals surface area contributed by atoms with Crippen LogP contribution in [0.25, 0.3) is 10.9 Å². The molecule has 0 aliphatic heterocycles. The highest BCUT2D eigenvalue weighted by Gasteiger charge is 2.15. The number of ether oxygens (including phenoxy) is 1. The Morgan fingerprint density at radius 2 is 1.77 bits per heavy atom. The molecule has 2 aromatic heterocycles. The Hall–Kier alpha value is -4.91. The van der Waals surface area contributed by atoms with Crippen molar-refractivity contribution in [2.75, 3.05) is 16.0 Å². The van der Waals surface area contributed by atoms with Gasteiger partial charge in [0.15, 0.2) is 0 Å². The van der Waals surface area contributed by atoms with Crippen molar-refractivity contribution in [2.45, 2.75) is 6.54 Å². The molecule has 3 aromatic carbocycles. The lowest BCUT2D eigenvalue weighted by molar-refractivity contribution is 0.103. The molecule has 3 N–H and O–H groups in total. The molecular formula is C29H21ClN6O2S. The van der Waals surface area contributed by atoms with Gasteiger partial charge in [-0.1, -0.05) is 48.0 Å². The van der Waals surface area contributed by atoms with Crippen LogP contribution in [0.3, 0.4) is 0 Å². The third kappa shape index (κ3) is 6.51. The van der Waals surface area contributed by atoms with E-state index in [4.69, 9.17) is 21.6 Å². The van der Waals surface area contributed by atoms with Crippen LogP contribution in [0.5, 0.6) is 5.75 Å². The number of thiophene rings is 1. The van der Waals surface area contributed by atoms with Gasteiger partial charge >= 0.3 is 6.02 Å². The van der Waals surface area contributed by atoms with Crippen LogP contribution in [0.1, 0.15) is 15.2 Å². The summed E-state index contributed by atoms with van der Waals surface area (Å²) in [4.78, 5) is 21.8. The Kier molecular flexibility index (Phi) is 7.98. The van der Waals surface area contributed by atoms with E-state index in [-0.39, 0.29) is 11.9 Å². The second kappa shape index (κ2) is 12.1. The van der Waals surface area contributed by atoms with E-state index in [1.54, 1.807) is 54.9 Å². The molecule has 0 bridgehead atoms. The second-order valence-electron chi connectivity index (χ2n) is 8.24. The van der Waals surface area contributed by atoms with Gasteiger partial charge in [0.1, 0.15) is 10.6 Å². The zero-order valence-electron chi connectivity index (χ0n) is 20.4. The van der Waals surface area contributed by atoms with Crippen molar-refractivity contribution in [2.24, 2.45) is 4.99 Å². The van der Waals surface area contributed by atoms with Crippen LogP contribution in [-0.2, 0) is 6.54 Å². The highest BCUT2D eigenvalue weighted by Crippen LogP contribution is 2.28. The number of anilines is 3. The summed E-state index contributed by atoms with van der Waals surface area (Å²) in [5.74, 6) is 0.221. The van der Waals surface area contributed by atoms with Crippen LogP contribution in [0, 0.1) is 11.5 Å². The minimum Gasteiger partial charge on any atom is -0.425 e. The molecule has 5 aromatic rings. The van der Waals surface area contributed by atoms with Crippen LogP contribution in [0.4, 0.5) is 17.1 Å². The average Bonchev–Trinajstić information content (AvgIpc) is 3.41. The van der Waals surface area contributed by atoms with Gasteiger partial charge in [0, 0.05) is 34.5 Å². The van der Waals surface area contributed by atoms with Crippen LogP contribution in [0.2, 0.25) is 5.02 Å². The molecule has 10 heteroatoms. The van der Waals surface area contributed by atoms with Crippen molar-refractivity contribution in [1.29, 1.82) is 5.26 Å². The average molecular weight is 553 g/mol. The fourth-order valence-corrected chi connectivity index (χ4v) is 4.89. The predicted octanol–water partition coefficient (Wildman–Crippen LogP) is 7.14. The molecule has 0 aliphatic rings. The van der Waals surface area contributed by atoms with Gasteiger partial charge in [-0.05, 0) is 59.5 Å². The van der Waals surface area contributed by atoms with E-state index in [0.717, 1.165) is 22.2 Å². The summed E-state index contributed by atoms with van der Waals surface area (Å²) in [6.45, 7) is 0.535. The summed E-state index contributed by atoms with van der Waals surface area (Å²) in [5, 5.41) is 21.6. The number of pyridine rings is 1. The first-order valence-electron chi connectivity index (χ1n) is 11.8. The summed E-state index contributed by atoms with van der Waals surface area (Å²) in [6.07, 6.45) is 3.50. The van der Waals surface area contributed by atoms with E-state index in [2.05, 4.69) is 25.9 Å². The number of hydrogen-bond acceptors (Lipinski definition) is 7. The van der Waals surface area contributed by atoms with Gasteiger partial charge in [-0.2, -0.15) is 5.26 Å². The molecule has 0 unspecified atom stereocenters. The third-order valence-electron chi connectivity index (χ3n) is 5.60. The summed E-state index contributed by atoms with van der Waals surface area (Å²) in [6, 6.07) is 25.6. The molecule has 2 heterocycles. The standard InChI is InChI=1S/C29H21ClN6O2S/c30-20-14-21(16-22(15-20)36-29(34-18-31)38-23-6-2-1-3-7-23)35-28(37)27-26(11-13-39-27)33-17-19-10-12-32-25-9-5-4-8-24(19)25/h1-16,33H,17H2,(H,34,36)(H,35,37). The predicted molar refractivity (Wildman–Crippen MR) is 157 cm³/mol. The van der Waals surface area contributed by atoms with E-state index < -0.39 is 0 Å². The Bertz CT molecular complexity index is 1690. The summed E-state index contributed by atoms with van der Waals surface area (Å²) < 4.78 is 5.66. The van der Waals surface area contributed by atoms with Gasteiger partial charge in [0.25, 0.3) is 5.91 Å². The fraction of sp³-hybridized carbons (Fsp3) is 0.0345. The summed E-state index contributed by atoms with van der Waals surface area (Å²) in [5.41, 5.74) is 3.67. The topological polar surface area (TPSA) is 111 Å². The first-order valence-corrected chi connectivity index (χ1v) is 13.1. The lowest BCUT2D eigenvalue weighted by Gasteiger charge is -2.13. The maximum Gasteiger partial charge on any atom is 0.310 e. The van der Waals surface area contributed by atoms with E-state index in [1.807, 2.05) is 47.8 Å². The first kappa shape index (κ1) is 25.7. The number of halogens is 1. The number of para-hydroxylation sites is 2. The number of nitrogens with zero attached hydrogens (tertiary/aromatic N) is 3. The van der Waals surface area contributed by atoms with Crippen LogP contribution in [-0.4, -0.2) is 16.9 Å². The number of carbonyl (C=O) groups is 1. The molecule has 5 rings (SSSR count). The molecule has 0 fully saturated rings. The van der Waals surface area contributed by atoms with Crippen molar-refractivity contribution in [3.05, 3.63) is 112 Å². The van der Waals surface area contributed by atoms with Crippen LogP contribution in [0.15, 0.2) is 101 Å². The van der Waals surface area contributed by atoms with Gasteiger partial charge in [0.2, 0.25) is 6.19 Å². The second-order valence-corrected chi connectivity index (χ2v) is 9.60. The highest BCUT2D eigenvalue weighted by atomic mass is 35.5. The Morgan fingerprint density at radius 1 is 1.00 bits per heavy atom. The number of carbonyl (C=O) groups excluding carboxylic acids is 1. The van der Waals surface area contributed by atoms with Crippen molar-refractivity contribution < 1.29 is 9.53 Å². The zero-order valence-corrected chi connectivity index (χ0v) is 22.0. The van der Waals surface area contributed by atoms with E-state index in [9.17, 15) is 4.79 Å². The van der Waals surface area contributed by atoms with Crippen molar-refractivity contribution in [3.63, 3.8) is 0 Å². The Labute approximate surface area is 233 Å². The maximum atomic E-state index is 13.2. The number of nitriles is 1. The quantitative estimate of drug-likeness (QED) is 0.112. The van der Waals surface area contributed by atoms with E-state index in [1.165, 1.54) is 11.3 Å². The third-order valence-corrected chi connectivity index (χ3v) is 6.73. The molecule has 8 nitrogen and oxygen atoms in total. The van der Waals surface area contributed by atoms with Gasteiger partial charge in [-0.15, -0.1) is 16.3 Å². The van der Waals surface area contributed by atoms with Crippen LogP contribution >= 0.6 is 22.9 Å². The molecular weight excluding hydrogens is 532 g/mol. The van der Waals surface area contributed by atoms with Gasteiger partial charge in [-0.3, -0.25) is 9.78 Å². The maximum absolute atomic E-state index is 13.2. The Morgan fingerprint density at radius 3 is 2.59 bits per heavy atom. The molecule has 0 atom stereocenters. The molecule has 1 amide bonds. The molecule has 0 aliphatic carbocycles. The number of rotatable bonds is 7. The summed E-state index contributed by atoms with van der Waals surface area (Å²) >= 11 is 7.66.